The fraction of sp³-hybridized carbons (Fsp3) is 0.615. The van der Waals surface area contributed by atoms with Crippen molar-refractivity contribution >= 4 is 5.69 Å². The first-order valence-corrected chi connectivity index (χ1v) is 6.11. The maximum atomic E-state index is 6.26. The zero-order valence-corrected chi connectivity index (χ0v) is 9.34. The number of rotatable bonds is 1. The van der Waals surface area contributed by atoms with Crippen LogP contribution in [0.25, 0.3) is 0 Å². The highest BCUT2D eigenvalue weighted by Crippen LogP contribution is 2.40. The van der Waals surface area contributed by atoms with Gasteiger partial charge in [-0.05, 0) is 49.7 Å². The zero-order chi connectivity index (χ0) is 10.4. The van der Waals surface area contributed by atoms with Gasteiger partial charge in [0.05, 0.1) is 0 Å². The van der Waals surface area contributed by atoms with Gasteiger partial charge in [-0.1, -0.05) is 6.92 Å². The van der Waals surface area contributed by atoms with Crippen molar-refractivity contribution in [3.8, 4) is 0 Å². The Morgan fingerprint density at radius 1 is 1.27 bits per heavy atom. The molecule has 0 bridgehead atoms. The van der Waals surface area contributed by atoms with Crippen LogP contribution >= 0.6 is 0 Å². The first-order valence-electron chi connectivity index (χ1n) is 6.11. The monoisotopic (exact) mass is 202 g/mol. The summed E-state index contributed by atoms with van der Waals surface area (Å²) in [7, 11) is 0. The molecule has 2 aliphatic rings. The van der Waals surface area contributed by atoms with Gasteiger partial charge in [0.2, 0.25) is 0 Å². The number of anilines is 1. The average Bonchev–Trinajstić information content (AvgIpc) is 2.83. The van der Waals surface area contributed by atoms with Gasteiger partial charge in [0, 0.05) is 23.0 Å². The molecule has 2 N–H and O–H groups in total. The normalized spacial score (nSPS) is 22.9. The minimum absolute atomic E-state index is 0.674. The lowest BCUT2D eigenvalue weighted by molar-refractivity contribution is 0.640. The summed E-state index contributed by atoms with van der Waals surface area (Å²) in [5, 5.41) is 0. The van der Waals surface area contributed by atoms with E-state index in [1.807, 2.05) is 0 Å². The number of pyridine rings is 1. The van der Waals surface area contributed by atoms with Gasteiger partial charge in [-0.3, -0.25) is 4.98 Å². The van der Waals surface area contributed by atoms with E-state index in [0.717, 1.165) is 24.9 Å². The molecule has 1 atom stereocenters. The Morgan fingerprint density at radius 3 is 2.93 bits per heavy atom. The summed E-state index contributed by atoms with van der Waals surface area (Å²) in [5.74, 6) is 0.674. The smallest absolute Gasteiger partial charge is 0.0490 e. The van der Waals surface area contributed by atoms with Crippen LogP contribution in [0.4, 0.5) is 5.69 Å². The van der Waals surface area contributed by atoms with Gasteiger partial charge >= 0.3 is 0 Å². The van der Waals surface area contributed by atoms with Crippen molar-refractivity contribution in [3.63, 3.8) is 0 Å². The van der Waals surface area contributed by atoms with Crippen LogP contribution in [0, 0.1) is 0 Å². The second-order valence-corrected chi connectivity index (χ2v) is 4.81. The highest BCUT2D eigenvalue weighted by atomic mass is 14.8. The molecule has 0 fully saturated rings. The molecule has 0 aliphatic heterocycles. The van der Waals surface area contributed by atoms with E-state index in [9.17, 15) is 0 Å². The Morgan fingerprint density at radius 2 is 2.13 bits per heavy atom. The third kappa shape index (κ3) is 1.20. The van der Waals surface area contributed by atoms with E-state index in [1.165, 1.54) is 41.8 Å². The van der Waals surface area contributed by atoms with Gasteiger partial charge in [-0.15, -0.1) is 0 Å². The van der Waals surface area contributed by atoms with Crippen LogP contribution in [0.5, 0.6) is 0 Å². The summed E-state index contributed by atoms with van der Waals surface area (Å²) in [6.07, 6.45) is 7.15. The topological polar surface area (TPSA) is 38.9 Å². The van der Waals surface area contributed by atoms with Gasteiger partial charge in [0.25, 0.3) is 0 Å². The van der Waals surface area contributed by atoms with Crippen LogP contribution in [0.2, 0.25) is 0 Å². The molecule has 0 radical (unpaired) electrons. The Labute approximate surface area is 90.9 Å². The van der Waals surface area contributed by atoms with Crippen LogP contribution in [-0.2, 0) is 19.3 Å². The molecule has 3 rings (SSSR count). The number of hydrogen-bond acceptors (Lipinski definition) is 2. The number of nitrogens with zero attached hydrogens (tertiary/aromatic N) is 1. The van der Waals surface area contributed by atoms with E-state index in [2.05, 4.69) is 6.92 Å². The molecule has 1 aromatic rings. The molecule has 1 heterocycles. The van der Waals surface area contributed by atoms with E-state index < -0.39 is 0 Å². The minimum atomic E-state index is 0.674. The number of hydrogen-bond donors (Lipinski definition) is 1. The molecule has 0 unspecified atom stereocenters. The molecule has 0 amide bonds. The van der Waals surface area contributed by atoms with Crippen LogP contribution in [0.3, 0.4) is 0 Å². The number of fused-ring (bicyclic) bond motifs is 2. The average molecular weight is 202 g/mol. The van der Waals surface area contributed by atoms with Crippen molar-refractivity contribution in [1.29, 1.82) is 0 Å². The van der Waals surface area contributed by atoms with Crippen LogP contribution < -0.4 is 5.73 Å². The molecule has 2 aliphatic carbocycles. The third-order valence-electron chi connectivity index (χ3n) is 4.03. The van der Waals surface area contributed by atoms with Gasteiger partial charge in [-0.25, -0.2) is 0 Å². The van der Waals surface area contributed by atoms with Gasteiger partial charge in [0.1, 0.15) is 0 Å². The quantitative estimate of drug-likeness (QED) is 0.760. The molecule has 15 heavy (non-hydrogen) atoms. The van der Waals surface area contributed by atoms with Crippen LogP contribution in [-0.4, -0.2) is 4.98 Å². The highest BCUT2D eigenvalue weighted by molar-refractivity contribution is 5.60. The van der Waals surface area contributed by atoms with Gasteiger partial charge < -0.3 is 5.73 Å². The number of aromatic nitrogens is 1. The summed E-state index contributed by atoms with van der Waals surface area (Å²) < 4.78 is 0. The molecular formula is C13H18N2. The van der Waals surface area contributed by atoms with Gasteiger partial charge in [0.15, 0.2) is 0 Å². The first-order chi connectivity index (χ1) is 7.31. The predicted octanol–water partition coefficient (Wildman–Crippen LogP) is 2.59. The predicted molar refractivity (Wildman–Crippen MR) is 62.0 cm³/mol. The molecule has 80 valence electrons. The highest BCUT2D eigenvalue weighted by Gasteiger charge is 2.28. The van der Waals surface area contributed by atoms with Crippen molar-refractivity contribution in [2.45, 2.75) is 51.4 Å². The van der Waals surface area contributed by atoms with E-state index in [-0.39, 0.29) is 0 Å². The molecule has 2 heteroatoms. The summed E-state index contributed by atoms with van der Waals surface area (Å²) in [5.41, 5.74) is 12.7. The fourth-order valence-electron chi connectivity index (χ4n) is 3.13. The van der Waals surface area contributed by atoms with E-state index in [1.54, 1.807) is 0 Å². The molecule has 1 aromatic heterocycles. The summed E-state index contributed by atoms with van der Waals surface area (Å²) in [6, 6.07) is 0. The van der Waals surface area contributed by atoms with Gasteiger partial charge in [-0.2, -0.15) is 0 Å². The largest absolute Gasteiger partial charge is 0.398 e. The SMILES string of the molecule is CC[C@@H]1CCc2c1nc1c(c2N)CCC1. The summed E-state index contributed by atoms with van der Waals surface area (Å²) in [6.45, 7) is 2.25. The van der Waals surface area contributed by atoms with Crippen molar-refractivity contribution < 1.29 is 0 Å². The second-order valence-electron chi connectivity index (χ2n) is 4.81. The second kappa shape index (κ2) is 3.22. The zero-order valence-electron chi connectivity index (χ0n) is 9.34. The fourth-order valence-corrected chi connectivity index (χ4v) is 3.13. The Balaban J connectivity index is 2.17. The lowest BCUT2D eigenvalue weighted by Gasteiger charge is -2.12. The van der Waals surface area contributed by atoms with Crippen LogP contribution in [0.15, 0.2) is 0 Å². The molecule has 0 saturated carbocycles. The van der Waals surface area contributed by atoms with Crippen molar-refractivity contribution in [2.75, 3.05) is 5.73 Å². The van der Waals surface area contributed by atoms with Crippen molar-refractivity contribution in [2.24, 2.45) is 0 Å². The van der Waals surface area contributed by atoms with Crippen molar-refractivity contribution in [3.05, 3.63) is 22.5 Å². The molecule has 0 aromatic carbocycles. The number of aryl methyl sites for hydroxylation is 1. The lowest BCUT2D eigenvalue weighted by atomic mass is 10.0. The van der Waals surface area contributed by atoms with E-state index in [4.69, 9.17) is 10.7 Å². The third-order valence-corrected chi connectivity index (χ3v) is 4.03. The summed E-state index contributed by atoms with van der Waals surface area (Å²) >= 11 is 0. The Bertz CT molecular complexity index is 409. The number of nitrogens with two attached hydrogens (primary N) is 1. The van der Waals surface area contributed by atoms with E-state index >= 15 is 0 Å². The standard InChI is InChI=1S/C13H18N2/c1-2-8-6-7-10-12(14)9-4-3-5-11(9)15-13(8)10/h8H,2-7H2,1H3,(H2,14,15)/t8-/m1/s1. The maximum absolute atomic E-state index is 6.26. The lowest BCUT2D eigenvalue weighted by Crippen LogP contribution is -2.04. The van der Waals surface area contributed by atoms with E-state index in [0.29, 0.717) is 5.92 Å². The van der Waals surface area contributed by atoms with Crippen LogP contribution in [0.1, 0.15) is 54.6 Å². The summed E-state index contributed by atoms with van der Waals surface area (Å²) in [4.78, 5) is 4.87. The first kappa shape index (κ1) is 9.20. The molecular weight excluding hydrogens is 184 g/mol. The number of nitrogen functional groups attached to an aromatic ring is 1. The minimum Gasteiger partial charge on any atom is -0.398 e. The Hall–Kier alpha value is -1.05. The molecule has 0 spiro atoms. The molecule has 0 saturated heterocycles. The maximum Gasteiger partial charge on any atom is 0.0490 e. The van der Waals surface area contributed by atoms with Crippen molar-refractivity contribution in [1.82, 2.24) is 4.98 Å². The Kier molecular flexibility index (Phi) is 1.98. The molecule has 2 nitrogen and oxygen atoms in total.